The number of hydrogen-bond acceptors (Lipinski definition) is 6. The second-order valence-electron chi connectivity index (χ2n) is 7.96. The highest BCUT2D eigenvalue weighted by atomic mass is 35.5. The Kier molecular flexibility index (Phi) is 8.66. The number of benzene rings is 2. The standard InChI is InChI=1S/C25H20Cl2F3N3O3/c1-14(2)23(33-19-11-6-15(12-18(19)27)25(28,29)30)24(34)36-21(13-31)20-4-3-5-22(32-20)35-17-9-7-16(26)8-10-17/h3-12,14,21,23,33H,1-2H3. The largest absolute Gasteiger partial charge is 0.439 e. The number of pyridine rings is 1. The zero-order chi connectivity index (χ0) is 26.5. The summed E-state index contributed by atoms with van der Waals surface area (Å²) in [5.74, 6) is -0.533. The fourth-order valence-electron chi connectivity index (χ4n) is 3.07. The van der Waals surface area contributed by atoms with Crippen LogP contribution in [0.3, 0.4) is 0 Å². The molecule has 1 aromatic heterocycles. The molecule has 36 heavy (non-hydrogen) atoms. The summed E-state index contributed by atoms with van der Waals surface area (Å²) in [4.78, 5) is 17.2. The van der Waals surface area contributed by atoms with E-state index in [1.54, 1.807) is 50.2 Å². The number of esters is 1. The van der Waals surface area contributed by atoms with Gasteiger partial charge in [0.15, 0.2) is 0 Å². The number of nitrogens with one attached hydrogen (secondary N) is 1. The van der Waals surface area contributed by atoms with Crippen LogP contribution >= 0.6 is 23.2 Å². The number of carbonyl (C=O) groups excluding carboxylic acids is 1. The lowest BCUT2D eigenvalue weighted by Crippen LogP contribution is -2.37. The van der Waals surface area contributed by atoms with Crippen molar-refractivity contribution in [2.45, 2.75) is 32.2 Å². The van der Waals surface area contributed by atoms with Crippen LogP contribution in [0, 0.1) is 17.2 Å². The van der Waals surface area contributed by atoms with Gasteiger partial charge in [0.25, 0.3) is 0 Å². The van der Waals surface area contributed by atoms with Gasteiger partial charge in [0, 0.05) is 11.1 Å². The molecule has 0 fully saturated rings. The maximum atomic E-state index is 12.9. The first-order valence-corrected chi connectivity index (χ1v) is 11.4. The third-order valence-electron chi connectivity index (χ3n) is 4.93. The van der Waals surface area contributed by atoms with E-state index in [-0.39, 0.29) is 28.2 Å². The molecule has 0 aliphatic heterocycles. The molecule has 3 aromatic rings. The number of nitrogens with zero attached hydrogens (tertiary/aromatic N) is 2. The summed E-state index contributed by atoms with van der Waals surface area (Å²) >= 11 is 11.9. The lowest BCUT2D eigenvalue weighted by Gasteiger charge is -2.24. The van der Waals surface area contributed by atoms with Crippen molar-refractivity contribution in [2.24, 2.45) is 5.92 Å². The molecule has 2 atom stereocenters. The summed E-state index contributed by atoms with van der Waals surface area (Å²) in [6.45, 7) is 3.41. The van der Waals surface area contributed by atoms with Crippen LogP contribution in [0.5, 0.6) is 11.6 Å². The van der Waals surface area contributed by atoms with Gasteiger partial charge >= 0.3 is 12.1 Å². The molecule has 0 radical (unpaired) electrons. The molecule has 11 heteroatoms. The monoisotopic (exact) mass is 537 g/mol. The molecule has 2 unspecified atom stereocenters. The zero-order valence-electron chi connectivity index (χ0n) is 19.0. The van der Waals surface area contributed by atoms with Gasteiger partial charge in [-0.3, -0.25) is 0 Å². The Morgan fingerprint density at radius 2 is 1.78 bits per heavy atom. The highest BCUT2D eigenvalue weighted by molar-refractivity contribution is 6.33. The summed E-state index contributed by atoms with van der Waals surface area (Å²) < 4.78 is 49.8. The number of carbonyl (C=O) groups is 1. The minimum absolute atomic E-state index is 0.116. The van der Waals surface area contributed by atoms with Gasteiger partial charge in [0.1, 0.15) is 17.9 Å². The molecule has 0 aliphatic carbocycles. The van der Waals surface area contributed by atoms with Gasteiger partial charge < -0.3 is 14.8 Å². The Labute approximate surface area is 215 Å². The Bertz CT molecular complexity index is 1260. The third-order valence-corrected chi connectivity index (χ3v) is 5.49. The van der Waals surface area contributed by atoms with Crippen LogP contribution in [0.4, 0.5) is 18.9 Å². The number of anilines is 1. The van der Waals surface area contributed by atoms with Crippen LogP contribution in [-0.2, 0) is 15.7 Å². The van der Waals surface area contributed by atoms with E-state index < -0.39 is 29.9 Å². The zero-order valence-corrected chi connectivity index (χ0v) is 20.5. The Morgan fingerprint density at radius 1 is 1.08 bits per heavy atom. The molecule has 0 spiro atoms. The number of hydrogen-bond donors (Lipinski definition) is 1. The van der Waals surface area contributed by atoms with Gasteiger partial charge in [-0.25, -0.2) is 9.78 Å². The van der Waals surface area contributed by atoms with Gasteiger partial charge in [-0.2, -0.15) is 18.4 Å². The van der Waals surface area contributed by atoms with E-state index in [9.17, 15) is 23.2 Å². The Hall–Kier alpha value is -3.48. The van der Waals surface area contributed by atoms with E-state index in [0.29, 0.717) is 10.8 Å². The summed E-state index contributed by atoms with van der Waals surface area (Å²) in [5.41, 5.74) is -0.671. The van der Waals surface area contributed by atoms with E-state index in [2.05, 4.69) is 10.3 Å². The van der Waals surface area contributed by atoms with E-state index in [1.807, 2.05) is 6.07 Å². The van der Waals surface area contributed by atoms with Crippen molar-refractivity contribution in [3.05, 3.63) is 82.0 Å². The molecular weight excluding hydrogens is 518 g/mol. The first kappa shape index (κ1) is 27.1. The van der Waals surface area contributed by atoms with Crippen molar-refractivity contribution >= 4 is 34.9 Å². The Balaban J connectivity index is 1.75. The fraction of sp³-hybridized carbons (Fsp3) is 0.240. The molecule has 1 N–H and O–H groups in total. The average Bonchev–Trinajstić information content (AvgIpc) is 2.82. The van der Waals surface area contributed by atoms with Gasteiger partial charge in [-0.15, -0.1) is 0 Å². The van der Waals surface area contributed by atoms with E-state index in [1.165, 1.54) is 6.07 Å². The second-order valence-corrected chi connectivity index (χ2v) is 8.80. The van der Waals surface area contributed by atoms with E-state index >= 15 is 0 Å². The SMILES string of the molecule is CC(C)C(Nc1ccc(C(F)(F)F)cc1Cl)C(=O)OC(C#N)c1cccc(Oc2ccc(Cl)cc2)n1. The van der Waals surface area contributed by atoms with Crippen LogP contribution < -0.4 is 10.1 Å². The first-order valence-electron chi connectivity index (χ1n) is 10.6. The topological polar surface area (TPSA) is 84.2 Å². The van der Waals surface area contributed by atoms with Crippen molar-refractivity contribution in [1.29, 1.82) is 5.26 Å². The third kappa shape index (κ3) is 7.03. The van der Waals surface area contributed by atoms with Gasteiger partial charge in [0.05, 0.1) is 22.0 Å². The fourth-order valence-corrected chi connectivity index (χ4v) is 3.43. The molecule has 3 rings (SSSR count). The molecule has 0 saturated heterocycles. The number of alkyl halides is 3. The predicted octanol–water partition coefficient (Wildman–Crippen LogP) is 7.44. The van der Waals surface area contributed by atoms with Crippen molar-refractivity contribution in [2.75, 3.05) is 5.32 Å². The number of halogens is 5. The van der Waals surface area contributed by atoms with Crippen molar-refractivity contribution in [1.82, 2.24) is 4.98 Å². The maximum Gasteiger partial charge on any atom is 0.416 e. The van der Waals surface area contributed by atoms with Gasteiger partial charge in [0.2, 0.25) is 12.0 Å². The molecular formula is C25H20Cl2F3N3O3. The normalized spacial score (nSPS) is 13.0. The lowest BCUT2D eigenvalue weighted by molar-refractivity contribution is -0.149. The van der Waals surface area contributed by atoms with Crippen molar-refractivity contribution in [3.63, 3.8) is 0 Å². The minimum atomic E-state index is -4.56. The van der Waals surface area contributed by atoms with Crippen LogP contribution in [-0.4, -0.2) is 17.0 Å². The molecule has 1 heterocycles. The van der Waals surface area contributed by atoms with Crippen LogP contribution in [0.15, 0.2) is 60.7 Å². The first-order chi connectivity index (χ1) is 17.0. The molecule has 0 amide bonds. The predicted molar refractivity (Wildman–Crippen MR) is 129 cm³/mol. The number of aromatic nitrogens is 1. The Morgan fingerprint density at radius 3 is 2.36 bits per heavy atom. The number of nitriles is 1. The quantitative estimate of drug-likeness (QED) is 0.300. The van der Waals surface area contributed by atoms with Gasteiger partial charge in [-0.05, 0) is 54.4 Å². The number of rotatable bonds is 8. The second kappa shape index (κ2) is 11.5. The summed E-state index contributed by atoms with van der Waals surface area (Å²) in [5, 5.41) is 12.8. The smallest absolute Gasteiger partial charge is 0.416 e. The molecule has 0 saturated carbocycles. The summed E-state index contributed by atoms with van der Waals surface area (Å²) in [6, 6.07) is 14.9. The van der Waals surface area contributed by atoms with Crippen molar-refractivity contribution < 1.29 is 27.4 Å². The highest BCUT2D eigenvalue weighted by Gasteiger charge is 2.32. The molecule has 0 aliphatic rings. The summed E-state index contributed by atoms with van der Waals surface area (Å²) in [6.07, 6.45) is -5.92. The van der Waals surface area contributed by atoms with E-state index in [0.717, 1.165) is 18.2 Å². The molecule has 188 valence electrons. The minimum Gasteiger partial charge on any atom is -0.439 e. The van der Waals surface area contributed by atoms with Gasteiger partial charge in [-0.1, -0.05) is 43.1 Å². The molecule has 2 aromatic carbocycles. The van der Waals surface area contributed by atoms with Crippen LogP contribution in [0.25, 0.3) is 0 Å². The average molecular weight is 538 g/mol. The highest BCUT2D eigenvalue weighted by Crippen LogP contribution is 2.34. The maximum absolute atomic E-state index is 12.9. The van der Waals surface area contributed by atoms with Crippen molar-refractivity contribution in [3.8, 4) is 17.7 Å². The van der Waals surface area contributed by atoms with Crippen LogP contribution in [0.1, 0.15) is 31.2 Å². The summed E-state index contributed by atoms with van der Waals surface area (Å²) in [7, 11) is 0. The molecule has 6 nitrogen and oxygen atoms in total. The van der Waals surface area contributed by atoms with Crippen LogP contribution in [0.2, 0.25) is 10.0 Å². The molecule has 0 bridgehead atoms. The van der Waals surface area contributed by atoms with E-state index in [4.69, 9.17) is 32.7 Å². The lowest BCUT2D eigenvalue weighted by atomic mass is 10.0. The number of ether oxygens (including phenoxy) is 2.